The zero-order chi connectivity index (χ0) is 18.4. The first-order valence-electron chi connectivity index (χ1n) is 8.15. The normalized spacial score (nSPS) is 10.5. The van der Waals surface area contributed by atoms with Crippen LogP contribution in [0.25, 0.3) is 9.88 Å². The highest BCUT2D eigenvalue weighted by atomic mass is 32.1. The van der Waals surface area contributed by atoms with E-state index in [4.69, 9.17) is 9.47 Å². The van der Waals surface area contributed by atoms with Crippen LogP contribution >= 0.6 is 22.7 Å². The highest BCUT2D eigenvalue weighted by Gasteiger charge is 2.10. The Balaban J connectivity index is 1.49. The van der Waals surface area contributed by atoms with Gasteiger partial charge < -0.3 is 14.8 Å². The van der Waals surface area contributed by atoms with Crippen LogP contribution in [-0.4, -0.2) is 31.7 Å². The molecule has 5 nitrogen and oxygen atoms in total. The summed E-state index contributed by atoms with van der Waals surface area (Å²) in [6.45, 7) is 0.566. The molecule has 1 aromatic carbocycles. The van der Waals surface area contributed by atoms with Gasteiger partial charge in [0.25, 0.3) is 0 Å². The van der Waals surface area contributed by atoms with E-state index in [0.717, 1.165) is 27.6 Å². The molecule has 3 rings (SSSR count). The van der Waals surface area contributed by atoms with Gasteiger partial charge in [-0.05, 0) is 35.6 Å². The number of ether oxygens (including phenoxy) is 2. The molecule has 0 unspecified atom stereocenters. The van der Waals surface area contributed by atoms with E-state index in [1.54, 1.807) is 36.9 Å². The molecule has 0 fully saturated rings. The summed E-state index contributed by atoms with van der Waals surface area (Å²) in [5.74, 6) is 1.37. The molecule has 136 valence electrons. The van der Waals surface area contributed by atoms with Crippen molar-refractivity contribution in [3.05, 3.63) is 52.3 Å². The lowest BCUT2D eigenvalue weighted by Crippen LogP contribution is -2.27. The minimum atomic E-state index is -0.0199. The molecule has 3 aromatic rings. The van der Waals surface area contributed by atoms with Crippen LogP contribution in [0.15, 0.2) is 41.1 Å². The number of hydrogen-bond donors (Lipinski definition) is 1. The number of nitrogens with one attached hydrogen (secondary N) is 1. The summed E-state index contributed by atoms with van der Waals surface area (Å²) in [4.78, 5) is 17.8. The van der Waals surface area contributed by atoms with Gasteiger partial charge in [0, 0.05) is 11.9 Å². The van der Waals surface area contributed by atoms with Crippen molar-refractivity contribution in [2.45, 2.75) is 12.8 Å². The van der Waals surface area contributed by atoms with Crippen LogP contribution in [0.2, 0.25) is 0 Å². The second-order valence-electron chi connectivity index (χ2n) is 5.59. The predicted octanol–water partition coefficient (Wildman–Crippen LogP) is 3.79. The number of methoxy groups -OCH3 is 2. The molecule has 1 amide bonds. The number of nitrogens with zero attached hydrogens (tertiary/aromatic N) is 1. The number of aromatic nitrogens is 1. The van der Waals surface area contributed by atoms with E-state index in [1.165, 1.54) is 0 Å². The third-order valence-electron chi connectivity index (χ3n) is 3.81. The molecule has 0 aliphatic carbocycles. The molecule has 0 aliphatic heterocycles. The minimum absolute atomic E-state index is 0.0199. The van der Waals surface area contributed by atoms with Crippen LogP contribution in [0.5, 0.6) is 11.5 Å². The Hall–Kier alpha value is -2.38. The van der Waals surface area contributed by atoms with Gasteiger partial charge in [-0.25, -0.2) is 4.98 Å². The Kier molecular flexibility index (Phi) is 6.25. The minimum Gasteiger partial charge on any atom is -0.493 e. The van der Waals surface area contributed by atoms with E-state index in [9.17, 15) is 4.79 Å². The van der Waals surface area contributed by atoms with Crippen LogP contribution < -0.4 is 14.8 Å². The first-order chi connectivity index (χ1) is 12.7. The third-order valence-corrected chi connectivity index (χ3v) is 5.74. The first-order valence-corrected chi connectivity index (χ1v) is 9.91. The second kappa shape index (κ2) is 8.82. The van der Waals surface area contributed by atoms with Gasteiger partial charge >= 0.3 is 0 Å². The molecule has 0 atom stereocenters. The van der Waals surface area contributed by atoms with Gasteiger partial charge in [0.1, 0.15) is 5.01 Å². The SMILES string of the molecule is COc1ccc(CCNC(=O)Cc2csc(-c3cccs3)n2)cc1OC. The molecular weight excluding hydrogens is 368 g/mol. The molecule has 0 saturated carbocycles. The lowest BCUT2D eigenvalue weighted by atomic mass is 10.1. The van der Waals surface area contributed by atoms with E-state index in [1.807, 2.05) is 41.1 Å². The predicted molar refractivity (Wildman–Crippen MR) is 105 cm³/mol. The lowest BCUT2D eigenvalue weighted by molar-refractivity contribution is -0.120. The van der Waals surface area contributed by atoms with Gasteiger partial charge in [-0.1, -0.05) is 12.1 Å². The largest absolute Gasteiger partial charge is 0.493 e. The standard InChI is InChI=1S/C19H20N2O3S2/c1-23-15-6-5-13(10-16(15)24-2)7-8-20-18(22)11-14-12-26-19(21-14)17-4-3-9-25-17/h3-6,9-10,12H,7-8,11H2,1-2H3,(H,20,22). The summed E-state index contributed by atoms with van der Waals surface area (Å²) in [5.41, 5.74) is 1.89. The van der Waals surface area contributed by atoms with Gasteiger partial charge in [0.2, 0.25) is 5.91 Å². The Morgan fingerprint density at radius 3 is 2.73 bits per heavy atom. The van der Waals surface area contributed by atoms with Gasteiger partial charge in [-0.15, -0.1) is 22.7 Å². The molecule has 2 aromatic heterocycles. The monoisotopic (exact) mass is 388 g/mol. The lowest BCUT2D eigenvalue weighted by Gasteiger charge is -2.10. The van der Waals surface area contributed by atoms with Crippen molar-refractivity contribution >= 4 is 28.6 Å². The average molecular weight is 389 g/mol. The Bertz CT molecular complexity index is 860. The number of thiazole rings is 1. The average Bonchev–Trinajstić information content (AvgIpc) is 3.33. The zero-order valence-electron chi connectivity index (χ0n) is 14.7. The van der Waals surface area contributed by atoms with E-state index < -0.39 is 0 Å². The second-order valence-corrected chi connectivity index (χ2v) is 7.39. The highest BCUT2D eigenvalue weighted by Crippen LogP contribution is 2.28. The molecule has 0 aliphatic rings. The summed E-state index contributed by atoms with van der Waals surface area (Å²) in [5, 5.41) is 7.88. The zero-order valence-corrected chi connectivity index (χ0v) is 16.3. The van der Waals surface area contributed by atoms with Crippen LogP contribution in [0.3, 0.4) is 0 Å². The van der Waals surface area contributed by atoms with Crippen LogP contribution in [0.4, 0.5) is 0 Å². The van der Waals surface area contributed by atoms with Crippen molar-refractivity contribution in [3.63, 3.8) is 0 Å². The van der Waals surface area contributed by atoms with Crippen molar-refractivity contribution in [2.24, 2.45) is 0 Å². The maximum atomic E-state index is 12.1. The molecule has 0 saturated heterocycles. The topological polar surface area (TPSA) is 60.5 Å². The summed E-state index contributed by atoms with van der Waals surface area (Å²) < 4.78 is 10.5. The Morgan fingerprint density at radius 2 is 2.00 bits per heavy atom. The van der Waals surface area contributed by atoms with Crippen molar-refractivity contribution in [2.75, 3.05) is 20.8 Å². The molecule has 0 bridgehead atoms. The van der Waals surface area contributed by atoms with Crippen molar-refractivity contribution in [1.29, 1.82) is 0 Å². The summed E-state index contributed by atoms with van der Waals surface area (Å²) in [7, 11) is 3.22. The smallest absolute Gasteiger partial charge is 0.226 e. The van der Waals surface area contributed by atoms with Crippen molar-refractivity contribution < 1.29 is 14.3 Å². The molecule has 1 N–H and O–H groups in total. The molecule has 26 heavy (non-hydrogen) atoms. The quantitative estimate of drug-likeness (QED) is 0.638. The fourth-order valence-electron chi connectivity index (χ4n) is 2.51. The Morgan fingerprint density at radius 1 is 1.15 bits per heavy atom. The number of rotatable bonds is 8. The van der Waals surface area contributed by atoms with E-state index in [0.29, 0.717) is 24.5 Å². The van der Waals surface area contributed by atoms with Crippen molar-refractivity contribution in [1.82, 2.24) is 10.3 Å². The number of carbonyl (C=O) groups excluding carboxylic acids is 1. The van der Waals surface area contributed by atoms with E-state index in [2.05, 4.69) is 10.3 Å². The molecule has 7 heteroatoms. The van der Waals surface area contributed by atoms with Crippen LogP contribution in [0.1, 0.15) is 11.3 Å². The molecule has 2 heterocycles. The number of amides is 1. The highest BCUT2D eigenvalue weighted by molar-refractivity contribution is 7.20. The maximum absolute atomic E-state index is 12.1. The number of carbonyl (C=O) groups is 1. The molecule has 0 radical (unpaired) electrons. The van der Waals surface area contributed by atoms with Crippen LogP contribution in [-0.2, 0) is 17.6 Å². The fraction of sp³-hybridized carbons (Fsp3) is 0.263. The summed E-state index contributed by atoms with van der Waals surface area (Å²) in [6.07, 6.45) is 1.03. The number of benzene rings is 1. The van der Waals surface area contributed by atoms with Crippen LogP contribution in [0, 0.1) is 0 Å². The first kappa shape index (κ1) is 18.4. The van der Waals surface area contributed by atoms with Gasteiger partial charge in [0.15, 0.2) is 11.5 Å². The maximum Gasteiger partial charge on any atom is 0.226 e. The summed E-state index contributed by atoms with van der Waals surface area (Å²) >= 11 is 3.22. The van der Waals surface area contributed by atoms with E-state index in [-0.39, 0.29) is 5.91 Å². The van der Waals surface area contributed by atoms with Gasteiger partial charge in [-0.3, -0.25) is 4.79 Å². The van der Waals surface area contributed by atoms with Gasteiger partial charge in [-0.2, -0.15) is 0 Å². The molecular formula is C19H20N2O3S2. The Labute approximate surface area is 160 Å². The number of hydrogen-bond acceptors (Lipinski definition) is 6. The van der Waals surface area contributed by atoms with E-state index >= 15 is 0 Å². The third kappa shape index (κ3) is 4.62. The summed E-state index contributed by atoms with van der Waals surface area (Å²) in [6, 6.07) is 9.82. The fourth-order valence-corrected chi connectivity index (χ4v) is 4.14. The van der Waals surface area contributed by atoms with Crippen molar-refractivity contribution in [3.8, 4) is 21.4 Å². The van der Waals surface area contributed by atoms with Gasteiger partial charge in [0.05, 0.1) is 31.2 Å². The number of thiophene rings is 1. The molecule has 0 spiro atoms.